The van der Waals surface area contributed by atoms with Gasteiger partial charge in [-0.25, -0.2) is 0 Å². The largest absolute Gasteiger partial charge is 0.457 e. The average molecular weight is 919 g/mol. The van der Waals surface area contributed by atoms with Crippen LogP contribution in [0.15, 0.2) is 255 Å². The lowest BCUT2D eigenvalue weighted by atomic mass is 9.66. The van der Waals surface area contributed by atoms with Crippen LogP contribution in [0.25, 0.3) is 49.7 Å². The third kappa shape index (κ3) is 5.05. The van der Waals surface area contributed by atoms with Gasteiger partial charge in [0.2, 0.25) is 0 Å². The van der Waals surface area contributed by atoms with Gasteiger partial charge in [0.25, 0.3) is 0 Å². The fraction of sp³-hybridized carbons (Fsp3) is 0.0294. The van der Waals surface area contributed by atoms with Crippen molar-refractivity contribution in [3.8, 4) is 50.9 Å². The molecule has 2 aliphatic carbocycles. The van der Waals surface area contributed by atoms with E-state index in [-0.39, 0.29) is 0 Å². The minimum atomic E-state index is -0.634. The Kier molecular flexibility index (Phi) is 7.99. The summed E-state index contributed by atoms with van der Waals surface area (Å²) in [6, 6.07) is 93.3. The number of fused-ring (bicyclic) bond motifs is 21. The molecular weight excluding hydrogens is 877 g/mol. The smallest absolute Gasteiger partial charge is 0.132 e. The molecule has 11 aromatic carbocycles. The number of hydrogen-bond donors (Lipinski definition) is 0. The van der Waals surface area contributed by atoms with E-state index in [1.807, 2.05) is 0 Å². The fourth-order valence-corrected chi connectivity index (χ4v) is 13.4. The molecule has 2 aliphatic heterocycles. The lowest BCUT2D eigenvalue weighted by Crippen LogP contribution is -2.32. The minimum absolute atomic E-state index is 0.634. The summed E-state index contributed by atoms with van der Waals surface area (Å²) in [7, 11) is 0. The Morgan fingerprint density at radius 2 is 0.653 bits per heavy atom. The summed E-state index contributed by atoms with van der Waals surface area (Å²) in [6.07, 6.45) is 0. The Bertz CT molecular complexity index is 3970. The molecule has 0 amide bonds. The number of aromatic nitrogens is 1. The Balaban J connectivity index is 0.997. The summed E-state index contributed by atoms with van der Waals surface area (Å²) in [6.45, 7) is 0. The van der Waals surface area contributed by atoms with Gasteiger partial charge >= 0.3 is 0 Å². The summed E-state index contributed by atoms with van der Waals surface area (Å²) in [5, 5.41) is 2.39. The first-order valence-electron chi connectivity index (χ1n) is 24.8. The van der Waals surface area contributed by atoms with Gasteiger partial charge in [-0.1, -0.05) is 170 Å². The first-order chi connectivity index (χ1) is 35.7. The molecule has 0 radical (unpaired) electrons. The molecule has 4 heteroatoms. The molecule has 0 N–H and O–H groups in total. The van der Waals surface area contributed by atoms with E-state index in [2.05, 4.69) is 264 Å². The number of rotatable bonds is 4. The SMILES string of the molecule is c1ccc(-n2c3ccccc3c3cc(N(c4ccc5c(c4)C4(c6ccccc6Oc6ccccc64)c4ccccc4-5)c4ccc5c(c4)C4(c6ccccc6Oc6ccccc64)c4ccccc4-5)ccc32)cc1. The van der Waals surface area contributed by atoms with Crippen LogP contribution in [0.3, 0.4) is 0 Å². The number of hydrogen-bond acceptors (Lipinski definition) is 3. The molecule has 0 atom stereocenters. The first-order valence-corrected chi connectivity index (χ1v) is 24.8. The van der Waals surface area contributed by atoms with Crippen LogP contribution in [-0.4, -0.2) is 4.57 Å². The first kappa shape index (κ1) is 39.5. The molecule has 2 spiro atoms. The second-order valence-corrected chi connectivity index (χ2v) is 19.5. The van der Waals surface area contributed by atoms with E-state index in [0.717, 1.165) is 73.5 Å². The molecule has 0 unspecified atom stereocenters. The van der Waals surface area contributed by atoms with Crippen LogP contribution in [0.5, 0.6) is 23.0 Å². The highest BCUT2D eigenvalue weighted by Crippen LogP contribution is 2.65. The number of nitrogens with zero attached hydrogens (tertiary/aromatic N) is 2. The lowest BCUT2D eigenvalue weighted by Gasteiger charge is -2.40. The molecule has 12 aromatic rings. The van der Waals surface area contributed by atoms with E-state index >= 15 is 0 Å². The maximum absolute atomic E-state index is 6.77. The van der Waals surface area contributed by atoms with E-state index in [1.54, 1.807) is 0 Å². The van der Waals surface area contributed by atoms with Crippen molar-refractivity contribution in [1.82, 2.24) is 4.57 Å². The summed E-state index contributed by atoms with van der Waals surface area (Å²) in [5.41, 5.74) is 19.8. The zero-order valence-corrected chi connectivity index (χ0v) is 39.0. The monoisotopic (exact) mass is 918 g/mol. The highest BCUT2D eigenvalue weighted by atomic mass is 16.5. The van der Waals surface area contributed by atoms with Gasteiger partial charge in [0, 0.05) is 55.8 Å². The van der Waals surface area contributed by atoms with Crippen molar-refractivity contribution in [3.63, 3.8) is 0 Å². The van der Waals surface area contributed by atoms with Crippen molar-refractivity contribution >= 4 is 38.9 Å². The van der Waals surface area contributed by atoms with E-state index in [4.69, 9.17) is 9.47 Å². The Hall–Kier alpha value is -9.38. The number of ether oxygens (including phenoxy) is 2. The quantitative estimate of drug-likeness (QED) is 0.176. The maximum Gasteiger partial charge on any atom is 0.132 e. The molecule has 336 valence electrons. The second kappa shape index (κ2) is 14.6. The van der Waals surface area contributed by atoms with Crippen LogP contribution in [0, 0.1) is 0 Å². The van der Waals surface area contributed by atoms with Crippen molar-refractivity contribution in [1.29, 1.82) is 0 Å². The number of anilines is 3. The molecule has 72 heavy (non-hydrogen) atoms. The third-order valence-corrected chi connectivity index (χ3v) is 16.1. The second-order valence-electron chi connectivity index (χ2n) is 19.5. The third-order valence-electron chi connectivity index (χ3n) is 16.1. The summed E-state index contributed by atoms with van der Waals surface area (Å²) < 4.78 is 15.9. The fourth-order valence-electron chi connectivity index (χ4n) is 13.4. The summed E-state index contributed by atoms with van der Waals surface area (Å²) >= 11 is 0. The molecule has 1 aromatic heterocycles. The topological polar surface area (TPSA) is 26.6 Å². The van der Waals surface area contributed by atoms with Gasteiger partial charge in [0.1, 0.15) is 23.0 Å². The normalized spacial score (nSPS) is 14.3. The van der Waals surface area contributed by atoms with Crippen LogP contribution in [0.2, 0.25) is 0 Å². The average Bonchev–Trinajstić information content (AvgIpc) is 4.04. The molecule has 0 bridgehead atoms. The predicted molar refractivity (Wildman–Crippen MR) is 290 cm³/mol. The summed E-state index contributed by atoms with van der Waals surface area (Å²) in [4.78, 5) is 2.50. The Morgan fingerprint density at radius 3 is 1.17 bits per heavy atom. The van der Waals surface area contributed by atoms with Crippen molar-refractivity contribution in [2.75, 3.05) is 4.90 Å². The van der Waals surface area contributed by atoms with Crippen LogP contribution in [-0.2, 0) is 10.8 Å². The molecular formula is C68H42N2O2. The van der Waals surface area contributed by atoms with Crippen LogP contribution in [0.4, 0.5) is 17.1 Å². The minimum Gasteiger partial charge on any atom is -0.457 e. The highest BCUT2D eigenvalue weighted by Gasteiger charge is 2.53. The van der Waals surface area contributed by atoms with Crippen molar-refractivity contribution in [2.45, 2.75) is 10.8 Å². The van der Waals surface area contributed by atoms with E-state index in [0.29, 0.717) is 0 Å². The van der Waals surface area contributed by atoms with Gasteiger partial charge in [-0.15, -0.1) is 0 Å². The van der Waals surface area contributed by atoms with Crippen molar-refractivity contribution < 1.29 is 9.47 Å². The molecule has 0 fully saturated rings. The molecule has 0 saturated carbocycles. The lowest BCUT2D eigenvalue weighted by molar-refractivity contribution is 0.436. The van der Waals surface area contributed by atoms with Gasteiger partial charge in [-0.3, -0.25) is 0 Å². The molecule has 0 saturated heterocycles. The zero-order valence-electron chi connectivity index (χ0n) is 39.0. The Morgan fingerprint density at radius 1 is 0.278 bits per heavy atom. The van der Waals surface area contributed by atoms with Gasteiger partial charge in [0.15, 0.2) is 0 Å². The van der Waals surface area contributed by atoms with E-state index < -0.39 is 10.8 Å². The highest BCUT2D eigenvalue weighted by molar-refractivity contribution is 6.11. The number of para-hydroxylation sites is 6. The zero-order chi connectivity index (χ0) is 47.1. The molecule has 4 aliphatic rings. The predicted octanol–water partition coefficient (Wildman–Crippen LogP) is 17.2. The van der Waals surface area contributed by atoms with Gasteiger partial charge in [-0.2, -0.15) is 0 Å². The summed E-state index contributed by atoms with van der Waals surface area (Å²) in [5.74, 6) is 3.51. The van der Waals surface area contributed by atoms with Crippen molar-refractivity contribution in [3.05, 3.63) is 299 Å². The van der Waals surface area contributed by atoms with E-state index in [1.165, 1.54) is 60.8 Å². The molecule has 16 rings (SSSR count). The van der Waals surface area contributed by atoms with Crippen LogP contribution >= 0.6 is 0 Å². The maximum atomic E-state index is 6.77. The van der Waals surface area contributed by atoms with Gasteiger partial charge < -0.3 is 18.9 Å². The Labute approximate surface area is 416 Å². The molecule has 4 nitrogen and oxygen atoms in total. The molecule has 3 heterocycles. The van der Waals surface area contributed by atoms with Crippen LogP contribution < -0.4 is 14.4 Å². The van der Waals surface area contributed by atoms with E-state index in [9.17, 15) is 0 Å². The number of benzene rings is 11. The van der Waals surface area contributed by atoms with Crippen LogP contribution in [0.1, 0.15) is 44.5 Å². The van der Waals surface area contributed by atoms with Crippen molar-refractivity contribution in [2.24, 2.45) is 0 Å². The van der Waals surface area contributed by atoms with Gasteiger partial charge in [-0.05, 0) is 129 Å². The van der Waals surface area contributed by atoms with Gasteiger partial charge in [0.05, 0.1) is 21.9 Å². The standard InChI is InChI=1S/C68H42N2O2/c1-2-18-43(19-3-1)70-61-29-13-6-22-51(61)52-40-44(36-39-62(52)70)69(45-34-37-49-47-20-4-7-23-53(47)67(59(49)41-45)55-25-9-14-30-63(55)71-64-31-15-10-26-56(64)67)46-35-38-50-48-21-5-8-24-54(48)68(60(50)42-46)57-27-11-16-32-65(57)72-66-33-17-12-28-58(66)68/h1-42H.